The van der Waals surface area contributed by atoms with Crippen LogP contribution in [0.5, 0.6) is 0 Å². The van der Waals surface area contributed by atoms with Crippen molar-refractivity contribution in [1.82, 2.24) is 0 Å². The molecule has 0 aliphatic heterocycles. The van der Waals surface area contributed by atoms with E-state index in [4.69, 9.17) is 5.26 Å². The predicted molar refractivity (Wildman–Crippen MR) is 72.8 cm³/mol. The Kier molecular flexibility index (Phi) is 3.37. The zero-order valence-electron chi connectivity index (χ0n) is 10.9. The van der Waals surface area contributed by atoms with Crippen molar-refractivity contribution >= 4 is 0 Å². The number of nitrogens with zero attached hydrogens (tertiary/aromatic N) is 1. The van der Waals surface area contributed by atoms with Crippen LogP contribution in [-0.2, 0) is 0 Å². The third-order valence-corrected chi connectivity index (χ3v) is 4.87. The minimum atomic E-state index is 0.766. The number of rotatable bonds is 2. The average molecular weight is 238 g/mol. The van der Waals surface area contributed by atoms with Crippen molar-refractivity contribution in [1.29, 1.82) is 5.26 Å². The highest BCUT2D eigenvalue weighted by Gasteiger charge is 2.31. The molecule has 1 aromatic carbocycles. The summed E-state index contributed by atoms with van der Waals surface area (Å²) < 4.78 is 0. The summed E-state index contributed by atoms with van der Waals surface area (Å²) in [5.74, 6) is 3.66. The Bertz CT molecular complexity index is 428. The summed E-state index contributed by atoms with van der Waals surface area (Å²) in [7, 11) is 0. The lowest BCUT2D eigenvalue weighted by Crippen LogP contribution is -2.26. The van der Waals surface area contributed by atoms with E-state index in [0.717, 1.165) is 17.4 Å². The molecule has 0 unspecified atom stereocenters. The zero-order valence-corrected chi connectivity index (χ0v) is 10.9. The van der Waals surface area contributed by atoms with Gasteiger partial charge in [0.05, 0.1) is 11.6 Å². The van der Waals surface area contributed by atoms with E-state index in [2.05, 4.69) is 18.2 Å². The number of nitriles is 1. The molecule has 0 atom stereocenters. The van der Waals surface area contributed by atoms with Gasteiger partial charge in [-0.15, -0.1) is 0 Å². The minimum Gasteiger partial charge on any atom is -0.192 e. The van der Waals surface area contributed by atoms with Crippen molar-refractivity contribution < 1.29 is 0 Å². The Balaban J connectivity index is 1.59. The largest absolute Gasteiger partial charge is 0.192 e. The van der Waals surface area contributed by atoms with Crippen molar-refractivity contribution in [3.8, 4) is 6.07 Å². The molecule has 18 heavy (non-hydrogen) atoms. The lowest BCUT2D eigenvalue weighted by Gasteiger charge is -2.38. The Morgan fingerprint density at radius 1 is 0.889 bits per heavy atom. The second kappa shape index (κ2) is 5.14. The fourth-order valence-electron chi connectivity index (χ4n) is 3.44. The Hall–Kier alpha value is -1.29. The molecule has 0 bridgehead atoms. The lowest BCUT2D eigenvalue weighted by atomic mass is 9.67. The van der Waals surface area contributed by atoms with Gasteiger partial charge in [0.1, 0.15) is 0 Å². The fourth-order valence-corrected chi connectivity index (χ4v) is 3.44. The number of hydrogen-bond acceptors (Lipinski definition) is 1. The van der Waals surface area contributed by atoms with Crippen LogP contribution >= 0.6 is 0 Å². The molecule has 1 nitrogen and oxygen atoms in total. The van der Waals surface area contributed by atoms with Gasteiger partial charge in [0.2, 0.25) is 0 Å². The van der Waals surface area contributed by atoms with E-state index in [9.17, 15) is 0 Å². The first-order chi connectivity index (χ1) is 8.86. The number of benzene rings is 1. The molecule has 1 heteroatoms. The van der Waals surface area contributed by atoms with Crippen LogP contribution in [-0.4, -0.2) is 0 Å². The van der Waals surface area contributed by atoms with Crippen LogP contribution in [0.15, 0.2) is 24.3 Å². The highest BCUT2D eigenvalue weighted by atomic mass is 14.4. The molecule has 2 saturated carbocycles. The molecule has 1 aromatic rings. The van der Waals surface area contributed by atoms with Gasteiger partial charge < -0.3 is 0 Å². The molecule has 0 N–H and O–H groups in total. The minimum absolute atomic E-state index is 0.766. The second-order valence-corrected chi connectivity index (χ2v) is 5.82. The highest BCUT2D eigenvalue weighted by molar-refractivity contribution is 5.38. The Morgan fingerprint density at radius 3 is 2.00 bits per heavy atom. The maximum absolute atomic E-state index is 8.81. The van der Waals surface area contributed by atoms with Crippen molar-refractivity contribution in [2.24, 2.45) is 11.8 Å². The molecule has 0 spiro atoms. The van der Waals surface area contributed by atoms with Crippen LogP contribution in [0.1, 0.15) is 56.1 Å². The third-order valence-electron chi connectivity index (χ3n) is 4.87. The van der Waals surface area contributed by atoms with Gasteiger partial charge in [0.15, 0.2) is 0 Å². The molecule has 2 aliphatic rings. The van der Waals surface area contributed by atoms with E-state index in [-0.39, 0.29) is 0 Å². The summed E-state index contributed by atoms with van der Waals surface area (Å²) in [5.41, 5.74) is 2.13. The monoisotopic (exact) mass is 238 g/mol. The highest BCUT2D eigenvalue weighted by Crippen LogP contribution is 2.44. The van der Waals surface area contributed by atoms with E-state index < -0.39 is 0 Å². The molecular weight excluding hydrogens is 218 g/mol. The van der Waals surface area contributed by atoms with Gasteiger partial charge in [-0.1, -0.05) is 31.4 Å². The first-order valence-corrected chi connectivity index (χ1v) is 7.22. The smallest absolute Gasteiger partial charge is 0.0991 e. The van der Waals surface area contributed by atoms with Crippen LogP contribution in [0.25, 0.3) is 0 Å². The molecule has 0 amide bonds. The summed E-state index contributed by atoms with van der Waals surface area (Å²) in [5, 5.41) is 8.81. The van der Waals surface area contributed by atoms with Crippen LogP contribution < -0.4 is 0 Å². The van der Waals surface area contributed by atoms with E-state index in [1.165, 1.54) is 50.5 Å². The molecule has 2 aliphatic carbocycles. The Labute approximate surface area is 110 Å². The maximum Gasteiger partial charge on any atom is 0.0991 e. The zero-order chi connectivity index (χ0) is 12.4. The van der Waals surface area contributed by atoms with Gasteiger partial charge in [0.25, 0.3) is 0 Å². The molecule has 0 aromatic heterocycles. The molecule has 0 saturated heterocycles. The van der Waals surface area contributed by atoms with Gasteiger partial charge >= 0.3 is 0 Å². The molecule has 3 rings (SSSR count). The van der Waals surface area contributed by atoms with E-state index in [1.54, 1.807) is 5.92 Å². The number of hydrogen-bond donors (Lipinski definition) is 0. The molecule has 93 valence electrons. The van der Waals surface area contributed by atoms with Gasteiger partial charge in [0, 0.05) is 5.92 Å². The standard InChI is InChI=1S/C17H20N/c18-12-13-4-6-15(7-5-13)17-10-8-16(9-11-17)14-2-1-3-14/h4-7,14,16H,1-3,8-11H2. The summed E-state index contributed by atoms with van der Waals surface area (Å²) in [4.78, 5) is 0. The predicted octanol–water partition coefficient (Wildman–Crippen LogP) is 4.47. The van der Waals surface area contributed by atoms with Gasteiger partial charge in [-0.2, -0.15) is 5.26 Å². The molecule has 0 heterocycles. The Morgan fingerprint density at radius 2 is 1.50 bits per heavy atom. The first-order valence-electron chi connectivity index (χ1n) is 7.22. The molecule has 2 fully saturated rings. The summed E-state index contributed by atoms with van der Waals surface area (Å²) in [6, 6.07) is 10.3. The van der Waals surface area contributed by atoms with Crippen molar-refractivity contribution in [2.75, 3.05) is 0 Å². The SMILES string of the molecule is N#Cc1ccc([C]2CCC(C3CCC3)CC2)cc1. The van der Waals surface area contributed by atoms with Crippen molar-refractivity contribution in [3.05, 3.63) is 41.3 Å². The van der Waals surface area contributed by atoms with E-state index in [1.807, 2.05) is 12.1 Å². The summed E-state index contributed by atoms with van der Waals surface area (Å²) >= 11 is 0. The average Bonchev–Trinajstić information content (AvgIpc) is 2.38. The van der Waals surface area contributed by atoms with Crippen LogP contribution in [0, 0.1) is 29.1 Å². The van der Waals surface area contributed by atoms with Crippen LogP contribution in [0.2, 0.25) is 0 Å². The summed E-state index contributed by atoms with van der Waals surface area (Å²) in [6.45, 7) is 0. The maximum atomic E-state index is 8.81. The van der Waals surface area contributed by atoms with Gasteiger partial charge in [-0.05, 0) is 55.2 Å². The van der Waals surface area contributed by atoms with Crippen molar-refractivity contribution in [3.63, 3.8) is 0 Å². The fraction of sp³-hybridized carbons (Fsp3) is 0.529. The van der Waals surface area contributed by atoms with E-state index in [0.29, 0.717) is 0 Å². The summed E-state index contributed by atoms with van der Waals surface area (Å²) in [6.07, 6.45) is 9.75. The van der Waals surface area contributed by atoms with Gasteiger partial charge in [-0.25, -0.2) is 0 Å². The van der Waals surface area contributed by atoms with Crippen molar-refractivity contribution in [2.45, 2.75) is 44.9 Å². The van der Waals surface area contributed by atoms with Crippen LogP contribution in [0.3, 0.4) is 0 Å². The first kappa shape index (κ1) is 11.8. The topological polar surface area (TPSA) is 23.8 Å². The lowest BCUT2D eigenvalue weighted by molar-refractivity contribution is 0.169. The molecule has 1 radical (unpaired) electrons. The van der Waals surface area contributed by atoms with Gasteiger partial charge in [-0.3, -0.25) is 0 Å². The normalized spacial score (nSPS) is 22.4. The second-order valence-electron chi connectivity index (χ2n) is 5.82. The third kappa shape index (κ3) is 2.29. The quantitative estimate of drug-likeness (QED) is 0.745. The molecular formula is C17H20N. The van der Waals surface area contributed by atoms with E-state index >= 15 is 0 Å². The van der Waals surface area contributed by atoms with Crippen LogP contribution in [0.4, 0.5) is 0 Å².